The van der Waals surface area contributed by atoms with Crippen molar-refractivity contribution in [2.75, 3.05) is 0 Å². The van der Waals surface area contributed by atoms with Crippen LogP contribution >= 0.6 is 11.6 Å². The first-order chi connectivity index (χ1) is 9.51. The highest BCUT2D eigenvalue weighted by Crippen LogP contribution is 2.45. The summed E-state index contributed by atoms with van der Waals surface area (Å²) >= 11 is 6.05. The summed E-state index contributed by atoms with van der Waals surface area (Å²) in [5.74, 6) is 1.02. The van der Waals surface area contributed by atoms with Gasteiger partial charge in [-0.25, -0.2) is 13.1 Å². The average Bonchev–Trinajstić information content (AvgIpc) is 3.29. The SMILES string of the molecule is NCc1ccc(Cl)c(S(=O)(=O)NC(C2CC2)C2CC2)c1. The van der Waals surface area contributed by atoms with Gasteiger partial charge in [0.2, 0.25) is 10.0 Å². The van der Waals surface area contributed by atoms with Crippen molar-refractivity contribution in [1.29, 1.82) is 0 Å². The molecule has 2 aliphatic rings. The molecule has 0 radical (unpaired) electrons. The van der Waals surface area contributed by atoms with E-state index in [1.807, 2.05) is 0 Å². The molecule has 2 saturated carbocycles. The third-order valence-corrected chi connectivity index (χ3v) is 6.01. The lowest BCUT2D eigenvalue weighted by atomic mass is 10.1. The Morgan fingerprint density at radius 1 is 1.25 bits per heavy atom. The van der Waals surface area contributed by atoms with Crippen LogP contribution in [0.3, 0.4) is 0 Å². The molecule has 20 heavy (non-hydrogen) atoms. The standard InChI is InChI=1S/C14H19ClN2O2S/c15-12-6-1-9(8-16)7-13(12)20(18,19)17-14(10-2-3-10)11-4-5-11/h1,6-7,10-11,14,17H,2-5,8,16H2. The molecule has 4 nitrogen and oxygen atoms in total. The highest BCUT2D eigenvalue weighted by atomic mass is 35.5. The van der Waals surface area contributed by atoms with Gasteiger partial charge in [0.1, 0.15) is 4.90 Å². The second-order valence-corrected chi connectivity index (χ2v) is 7.88. The zero-order chi connectivity index (χ0) is 14.3. The minimum Gasteiger partial charge on any atom is -0.326 e. The Morgan fingerprint density at radius 2 is 1.85 bits per heavy atom. The van der Waals surface area contributed by atoms with Gasteiger partial charge in [0.05, 0.1) is 5.02 Å². The van der Waals surface area contributed by atoms with Crippen molar-refractivity contribution in [3.8, 4) is 0 Å². The van der Waals surface area contributed by atoms with Gasteiger partial charge < -0.3 is 5.73 Å². The van der Waals surface area contributed by atoms with Crippen LogP contribution in [0.5, 0.6) is 0 Å². The molecule has 6 heteroatoms. The highest BCUT2D eigenvalue weighted by molar-refractivity contribution is 7.89. The topological polar surface area (TPSA) is 72.2 Å². The first kappa shape index (κ1) is 14.3. The van der Waals surface area contributed by atoms with Crippen molar-refractivity contribution >= 4 is 21.6 Å². The van der Waals surface area contributed by atoms with E-state index in [9.17, 15) is 8.42 Å². The summed E-state index contributed by atoms with van der Waals surface area (Å²) in [5.41, 5.74) is 6.34. The van der Waals surface area contributed by atoms with Gasteiger partial charge in [0.15, 0.2) is 0 Å². The molecule has 1 aromatic carbocycles. The molecule has 0 saturated heterocycles. The number of rotatable bonds is 6. The Balaban J connectivity index is 1.86. The number of nitrogens with one attached hydrogen (secondary N) is 1. The highest BCUT2D eigenvalue weighted by Gasteiger charge is 2.43. The average molecular weight is 315 g/mol. The van der Waals surface area contributed by atoms with Gasteiger partial charge in [-0.05, 0) is 55.2 Å². The van der Waals surface area contributed by atoms with E-state index in [0.717, 1.165) is 31.2 Å². The molecule has 110 valence electrons. The first-order valence-electron chi connectivity index (χ1n) is 7.02. The van der Waals surface area contributed by atoms with Gasteiger partial charge >= 0.3 is 0 Å². The predicted octanol–water partition coefficient (Wildman–Crippen LogP) is 2.27. The number of nitrogens with two attached hydrogens (primary N) is 1. The van der Waals surface area contributed by atoms with E-state index in [4.69, 9.17) is 17.3 Å². The van der Waals surface area contributed by atoms with Crippen LogP contribution in [0.15, 0.2) is 23.1 Å². The van der Waals surface area contributed by atoms with Gasteiger partial charge in [-0.15, -0.1) is 0 Å². The van der Waals surface area contributed by atoms with E-state index in [1.165, 1.54) is 0 Å². The normalized spacial score (nSPS) is 19.6. The molecule has 0 aromatic heterocycles. The summed E-state index contributed by atoms with van der Waals surface area (Å²) in [4.78, 5) is 0.147. The number of halogens is 1. The molecule has 0 unspecified atom stereocenters. The molecule has 0 heterocycles. The molecule has 3 rings (SSSR count). The van der Waals surface area contributed by atoms with E-state index in [2.05, 4.69) is 4.72 Å². The molecular formula is C14H19ClN2O2S. The maximum atomic E-state index is 12.6. The summed E-state index contributed by atoms with van der Waals surface area (Å²) in [6.07, 6.45) is 4.50. The maximum absolute atomic E-state index is 12.6. The Labute approximate surface area is 124 Å². The second kappa shape index (κ2) is 5.30. The molecule has 3 N–H and O–H groups in total. The largest absolute Gasteiger partial charge is 0.326 e. The lowest BCUT2D eigenvalue weighted by Crippen LogP contribution is -2.38. The molecule has 0 amide bonds. The summed E-state index contributed by atoms with van der Waals surface area (Å²) in [7, 11) is -3.57. The van der Waals surface area contributed by atoms with Crippen molar-refractivity contribution < 1.29 is 8.42 Å². The number of hydrogen-bond donors (Lipinski definition) is 2. The molecule has 0 spiro atoms. The van der Waals surface area contributed by atoms with Crippen molar-refractivity contribution in [2.45, 2.75) is 43.2 Å². The van der Waals surface area contributed by atoms with Gasteiger partial charge in [-0.2, -0.15) is 0 Å². The lowest BCUT2D eigenvalue weighted by Gasteiger charge is -2.18. The Hall–Kier alpha value is -0.620. The quantitative estimate of drug-likeness (QED) is 0.846. The minimum atomic E-state index is -3.57. The number of benzene rings is 1. The van der Waals surface area contributed by atoms with Crippen molar-refractivity contribution in [2.24, 2.45) is 17.6 Å². The monoisotopic (exact) mass is 314 g/mol. The van der Waals surface area contributed by atoms with Crippen LogP contribution < -0.4 is 10.5 Å². The van der Waals surface area contributed by atoms with Crippen molar-refractivity contribution in [3.05, 3.63) is 28.8 Å². The van der Waals surface area contributed by atoms with Crippen LogP contribution in [-0.4, -0.2) is 14.5 Å². The Kier molecular flexibility index (Phi) is 3.79. The third-order valence-electron chi connectivity index (χ3n) is 4.07. The zero-order valence-electron chi connectivity index (χ0n) is 11.2. The summed E-state index contributed by atoms with van der Waals surface area (Å²) in [5, 5.41) is 0.250. The van der Waals surface area contributed by atoms with E-state index in [1.54, 1.807) is 18.2 Å². The van der Waals surface area contributed by atoms with Gasteiger partial charge in [-0.1, -0.05) is 17.7 Å². The van der Waals surface area contributed by atoms with Crippen LogP contribution in [0.4, 0.5) is 0 Å². The van der Waals surface area contributed by atoms with E-state index in [0.29, 0.717) is 18.4 Å². The van der Waals surface area contributed by atoms with E-state index >= 15 is 0 Å². The fraction of sp³-hybridized carbons (Fsp3) is 0.571. The number of hydrogen-bond acceptors (Lipinski definition) is 3. The van der Waals surface area contributed by atoms with Crippen LogP contribution in [0.1, 0.15) is 31.2 Å². The fourth-order valence-electron chi connectivity index (χ4n) is 2.61. The summed E-state index contributed by atoms with van der Waals surface area (Å²) < 4.78 is 28.0. The molecule has 0 atom stereocenters. The second-order valence-electron chi connectivity index (χ2n) is 5.79. The lowest BCUT2D eigenvalue weighted by molar-refractivity contribution is 0.471. The molecule has 2 aliphatic carbocycles. The molecule has 2 fully saturated rings. The minimum absolute atomic E-state index is 0.0811. The zero-order valence-corrected chi connectivity index (χ0v) is 12.8. The van der Waals surface area contributed by atoms with Crippen LogP contribution in [0.2, 0.25) is 5.02 Å². The Bertz CT molecular complexity index is 598. The Morgan fingerprint density at radius 3 is 2.35 bits per heavy atom. The van der Waals surface area contributed by atoms with Crippen molar-refractivity contribution in [1.82, 2.24) is 4.72 Å². The molecule has 1 aromatic rings. The first-order valence-corrected chi connectivity index (χ1v) is 8.88. The van der Waals surface area contributed by atoms with Gasteiger partial charge in [0.25, 0.3) is 0 Å². The van der Waals surface area contributed by atoms with Crippen LogP contribution in [-0.2, 0) is 16.6 Å². The van der Waals surface area contributed by atoms with Crippen LogP contribution in [0.25, 0.3) is 0 Å². The summed E-state index contributed by atoms with van der Waals surface area (Å²) in [6.45, 7) is 0.300. The van der Waals surface area contributed by atoms with Crippen molar-refractivity contribution in [3.63, 3.8) is 0 Å². The van der Waals surface area contributed by atoms with Gasteiger partial charge in [-0.3, -0.25) is 0 Å². The van der Waals surface area contributed by atoms with Crippen LogP contribution in [0, 0.1) is 11.8 Å². The maximum Gasteiger partial charge on any atom is 0.242 e. The molecule has 0 aliphatic heterocycles. The smallest absolute Gasteiger partial charge is 0.242 e. The van der Waals surface area contributed by atoms with Gasteiger partial charge in [0, 0.05) is 12.6 Å². The molecular weight excluding hydrogens is 296 g/mol. The predicted molar refractivity (Wildman–Crippen MR) is 78.9 cm³/mol. The van der Waals surface area contributed by atoms with E-state index in [-0.39, 0.29) is 16.0 Å². The number of sulfonamides is 1. The van der Waals surface area contributed by atoms with E-state index < -0.39 is 10.0 Å². The fourth-order valence-corrected chi connectivity index (χ4v) is 4.54. The summed E-state index contributed by atoms with van der Waals surface area (Å²) in [6, 6.07) is 5.00. The molecule has 0 bridgehead atoms. The third kappa shape index (κ3) is 3.01.